The fourth-order valence-corrected chi connectivity index (χ4v) is 2.88. The lowest BCUT2D eigenvalue weighted by Crippen LogP contribution is -2.44. The van der Waals surface area contributed by atoms with Gasteiger partial charge in [0.15, 0.2) is 11.5 Å². The maximum absolute atomic E-state index is 12.5. The summed E-state index contributed by atoms with van der Waals surface area (Å²) in [5.41, 5.74) is 0.513. The molecule has 0 atom stereocenters. The van der Waals surface area contributed by atoms with Crippen LogP contribution in [0.1, 0.15) is 31.1 Å². The zero-order chi connectivity index (χ0) is 16.7. The molecule has 0 fully saturated rings. The van der Waals surface area contributed by atoms with Gasteiger partial charge in [-0.15, -0.1) is 0 Å². The van der Waals surface area contributed by atoms with Crippen LogP contribution in [-0.2, 0) is 0 Å². The van der Waals surface area contributed by atoms with Gasteiger partial charge in [0.2, 0.25) is 12.5 Å². The molecule has 0 bridgehead atoms. The van der Waals surface area contributed by atoms with Crippen LogP contribution in [0.5, 0.6) is 17.2 Å². The van der Waals surface area contributed by atoms with Gasteiger partial charge in [0.25, 0.3) is 14.2 Å². The van der Waals surface area contributed by atoms with Crippen molar-refractivity contribution in [3.63, 3.8) is 0 Å². The highest BCUT2D eigenvalue weighted by Gasteiger charge is 2.41. The van der Waals surface area contributed by atoms with Crippen molar-refractivity contribution >= 4 is 14.2 Å². The molecule has 0 spiro atoms. The van der Waals surface area contributed by atoms with Crippen molar-refractivity contribution in [2.24, 2.45) is 0 Å². The van der Waals surface area contributed by atoms with Crippen LogP contribution in [0.15, 0.2) is 12.1 Å². The summed E-state index contributed by atoms with van der Waals surface area (Å²) in [6.45, 7) is 10.9. The first-order chi connectivity index (χ1) is 10.0. The summed E-state index contributed by atoms with van der Waals surface area (Å²) in [7, 11) is 1.34. The second-order valence-electron chi connectivity index (χ2n) is 7.24. The molecular formula is C16H25NO4Si. The van der Waals surface area contributed by atoms with Gasteiger partial charge in [-0.1, -0.05) is 20.8 Å². The van der Waals surface area contributed by atoms with E-state index in [1.54, 1.807) is 26.2 Å². The first-order valence-electron chi connectivity index (χ1n) is 7.38. The maximum atomic E-state index is 12.5. The van der Waals surface area contributed by atoms with E-state index in [0.29, 0.717) is 22.8 Å². The van der Waals surface area contributed by atoms with E-state index in [1.807, 2.05) is 0 Å². The Morgan fingerprint density at radius 3 is 2.41 bits per heavy atom. The topological polar surface area (TPSA) is 48.0 Å². The van der Waals surface area contributed by atoms with Gasteiger partial charge in [-0.25, -0.2) is 0 Å². The van der Waals surface area contributed by atoms with E-state index in [2.05, 4.69) is 33.9 Å². The van der Waals surface area contributed by atoms with E-state index in [-0.39, 0.29) is 17.7 Å². The van der Waals surface area contributed by atoms with Crippen LogP contribution in [0, 0.1) is 0 Å². The molecule has 1 aliphatic rings. The summed E-state index contributed by atoms with van der Waals surface area (Å²) in [4.78, 5) is 14.0. The number of hydrogen-bond donors (Lipinski definition) is 0. The van der Waals surface area contributed by atoms with Crippen molar-refractivity contribution in [1.29, 1.82) is 0 Å². The van der Waals surface area contributed by atoms with Gasteiger partial charge in [0.05, 0.1) is 5.56 Å². The molecule has 0 aromatic heterocycles. The first kappa shape index (κ1) is 16.7. The normalized spacial score (nSPS) is 14.0. The number of amides is 1. The second kappa shape index (κ2) is 5.50. The quantitative estimate of drug-likeness (QED) is 0.799. The van der Waals surface area contributed by atoms with Crippen molar-refractivity contribution in [1.82, 2.24) is 4.90 Å². The fourth-order valence-electron chi connectivity index (χ4n) is 1.87. The van der Waals surface area contributed by atoms with Crippen LogP contribution in [0.4, 0.5) is 0 Å². The number of fused-ring (bicyclic) bond motifs is 1. The number of carbonyl (C=O) groups is 1. The Balaban J connectivity index is 2.53. The highest BCUT2D eigenvalue weighted by Crippen LogP contribution is 2.47. The van der Waals surface area contributed by atoms with E-state index in [9.17, 15) is 4.79 Å². The lowest BCUT2D eigenvalue weighted by molar-refractivity contribution is 0.0825. The number of carbonyl (C=O) groups excluding carboxylic acids is 1. The van der Waals surface area contributed by atoms with Crippen LogP contribution in [0.3, 0.4) is 0 Å². The monoisotopic (exact) mass is 323 g/mol. The van der Waals surface area contributed by atoms with Crippen molar-refractivity contribution in [3.8, 4) is 17.2 Å². The number of hydrogen-bond acceptors (Lipinski definition) is 4. The molecule has 122 valence electrons. The average Bonchev–Trinajstić information content (AvgIpc) is 2.85. The van der Waals surface area contributed by atoms with Crippen molar-refractivity contribution in [2.75, 3.05) is 20.9 Å². The SMILES string of the molecule is CN(C)C(=O)c1ccc2c(c1O[Si](C)(C)C(C)(C)C)OCO2. The minimum Gasteiger partial charge on any atom is -0.540 e. The highest BCUT2D eigenvalue weighted by atomic mass is 28.4. The number of rotatable bonds is 3. The molecule has 1 aliphatic heterocycles. The molecule has 1 aromatic rings. The largest absolute Gasteiger partial charge is 0.540 e. The molecule has 0 saturated carbocycles. The average molecular weight is 323 g/mol. The molecule has 0 N–H and O–H groups in total. The Morgan fingerprint density at radius 2 is 1.86 bits per heavy atom. The Morgan fingerprint density at radius 1 is 1.23 bits per heavy atom. The predicted octanol–water partition coefficient (Wildman–Crippen LogP) is 3.50. The minimum absolute atomic E-state index is 0.0214. The third-order valence-corrected chi connectivity index (χ3v) is 8.62. The summed E-state index contributed by atoms with van der Waals surface area (Å²) in [5.74, 6) is 1.58. The molecule has 5 nitrogen and oxygen atoms in total. The van der Waals surface area contributed by atoms with E-state index in [1.165, 1.54) is 4.90 Å². The van der Waals surface area contributed by atoms with E-state index < -0.39 is 8.32 Å². The lowest BCUT2D eigenvalue weighted by Gasteiger charge is -2.37. The van der Waals surface area contributed by atoms with Crippen LogP contribution in [0.2, 0.25) is 18.1 Å². The third-order valence-electron chi connectivity index (χ3n) is 4.29. The highest BCUT2D eigenvalue weighted by molar-refractivity contribution is 6.74. The zero-order valence-corrected chi connectivity index (χ0v) is 15.4. The van der Waals surface area contributed by atoms with Crippen LogP contribution >= 0.6 is 0 Å². The summed E-state index contributed by atoms with van der Waals surface area (Å²) in [5, 5.41) is 0.0214. The summed E-state index contributed by atoms with van der Waals surface area (Å²) in [6.07, 6.45) is 0. The van der Waals surface area contributed by atoms with Gasteiger partial charge in [-0.3, -0.25) is 4.79 Å². The summed E-state index contributed by atoms with van der Waals surface area (Å²) >= 11 is 0. The lowest BCUT2D eigenvalue weighted by atomic mass is 10.1. The standard InChI is InChI=1S/C16H25NO4Si/c1-16(2,3)22(6,7)21-13-11(15(18)17(4)5)8-9-12-14(13)20-10-19-12/h8-9H,10H2,1-7H3. The molecule has 2 rings (SSSR count). The maximum Gasteiger partial charge on any atom is 0.257 e. The van der Waals surface area contributed by atoms with Crippen molar-refractivity contribution in [3.05, 3.63) is 17.7 Å². The van der Waals surface area contributed by atoms with Gasteiger partial charge < -0.3 is 18.8 Å². The van der Waals surface area contributed by atoms with E-state index in [4.69, 9.17) is 13.9 Å². The molecule has 6 heteroatoms. The van der Waals surface area contributed by atoms with Gasteiger partial charge in [0.1, 0.15) is 0 Å². The molecule has 1 heterocycles. The Hall–Kier alpha value is -1.69. The molecule has 1 amide bonds. The minimum atomic E-state index is -2.11. The number of nitrogens with zero attached hydrogens (tertiary/aromatic N) is 1. The Kier molecular flexibility index (Phi) is 4.17. The summed E-state index contributed by atoms with van der Waals surface area (Å²) in [6, 6.07) is 3.51. The first-order valence-corrected chi connectivity index (χ1v) is 10.3. The predicted molar refractivity (Wildman–Crippen MR) is 88.4 cm³/mol. The molecule has 1 aromatic carbocycles. The zero-order valence-electron chi connectivity index (χ0n) is 14.4. The molecule has 0 unspecified atom stereocenters. The molecule has 0 saturated heterocycles. The smallest absolute Gasteiger partial charge is 0.257 e. The fraction of sp³-hybridized carbons (Fsp3) is 0.562. The molecule has 0 aliphatic carbocycles. The van der Waals surface area contributed by atoms with Crippen LogP contribution < -0.4 is 13.9 Å². The summed E-state index contributed by atoms with van der Waals surface area (Å²) < 4.78 is 17.4. The van der Waals surface area contributed by atoms with Gasteiger partial charge >= 0.3 is 0 Å². The van der Waals surface area contributed by atoms with Crippen molar-refractivity contribution in [2.45, 2.75) is 38.9 Å². The number of ether oxygens (including phenoxy) is 2. The molecule has 22 heavy (non-hydrogen) atoms. The third kappa shape index (κ3) is 2.92. The molecular weight excluding hydrogens is 298 g/mol. The van der Waals surface area contributed by atoms with E-state index >= 15 is 0 Å². The van der Waals surface area contributed by atoms with Gasteiger partial charge in [0, 0.05) is 14.1 Å². The molecule has 0 radical (unpaired) electrons. The van der Waals surface area contributed by atoms with Crippen LogP contribution in [0.25, 0.3) is 0 Å². The second-order valence-corrected chi connectivity index (χ2v) is 12.0. The van der Waals surface area contributed by atoms with Gasteiger partial charge in [-0.05, 0) is 30.3 Å². The Labute approximate surface area is 133 Å². The Bertz CT molecular complexity index is 591. The van der Waals surface area contributed by atoms with Crippen LogP contribution in [-0.4, -0.2) is 40.0 Å². The van der Waals surface area contributed by atoms with E-state index in [0.717, 1.165) is 0 Å². The number of benzene rings is 1. The van der Waals surface area contributed by atoms with Gasteiger partial charge in [-0.2, -0.15) is 0 Å². The van der Waals surface area contributed by atoms with Crippen molar-refractivity contribution < 1.29 is 18.7 Å².